The molecule has 0 radical (unpaired) electrons. The number of carbonyl (C=O) groups excluding carboxylic acids is 2. The Morgan fingerprint density at radius 3 is 2.72 bits per heavy atom. The Morgan fingerprint density at radius 1 is 1.14 bits per heavy atom. The first kappa shape index (κ1) is 19.7. The molecule has 1 aromatic heterocycles. The third-order valence-corrected chi connectivity index (χ3v) is 6.36. The van der Waals surface area contributed by atoms with Gasteiger partial charge in [-0.25, -0.2) is 0 Å². The monoisotopic (exact) mass is 394 g/mol. The van der Waals surface area contributed by atoms with Crippen LogP contribution in [0.4, 0.5) is 5.69 Å². The Labute approximate surface area is 172 Å². The molecule has 2 atom stereocenters. The van der Waals surface area contributed by atoms with Crippen molar-refractivity contribution in [3.63, 3.8) is 0 Å². The molecule has 6 nitrogen and oxygen atoms in total. The number of carbonyl (C=O) groups is 2. The van der Waals surface area contributed by atoms with Crippen LogP contribution in [0.3, 0.4) is 0 Å². The van der Waals surface area contributed by atoms with E-state index in [-0.39, 0.29) is 23.8 Å². The van der Waals surface area contributed by atoms with Crippen LogP contribution in [0.15, 0.2) is 18.2 Å². The van der Waals surface area contributed by atoms with Crippen LogP contribution in [0.25, 0.3) is 0 Å². The van der Waals surface area contributed by atoms with Gasteiger partial charge in [0, 0.05) is 36.0 Å². The van der Waals surface area contributed by atoms with Crippen LogP contribution in [-0.4, -0.2) is 27.6 Å². The van der Waals surface area contributed by atoms with Crippen molar-refractivity contribution >= 4 is 17.5 Å². The summed E-state index contributed by atoms with van der Waals surface area (Å²) in [5, 5.41) is 10.7. The minimum Gasteiger partial charge on any atom is -0.348 e. The number of aryl methyl sites for hydroxylation is 3. The van der Waals surface area contributed by atoms with Gasteiger partial charge in [-0.2, -0.15) is 5.10 Å². The maximum absolute atomic E-state index is 12.8. The van der Waals surface area contributed by atoms with Crippen LogP contribution in [0.5, 0.6) is 0 Å². The summed E-state index contributed by atoms with van der Waals surface area (Å²) in [6.07, 6.45) is 6.50. The van der Waals surface area contributed by atoms with E-state index < -0.39 is 0 Å². The highest BCUT2D eigenvalue weighted by Gasteiger charge is 2.32. The van der Waals surface area contributed by atoms with Gasteiger partial charge < -0.3 is 10.6 Å². The van der Waals surface area contributed by atoms with Crippen LogP contribution >= 0.6 is 0 Å². The van der Waals surface area contributed by atoms with Crippen LogP contribution in [0, 0.1) is 19.8 Å². The molecule has 4 rings (SSSR count). The van der Waals surface area contributed by atoms with Gasteiger partial charge in [0.2, 0.25) is 5.91 Å². The van der Waals surface area contributed by atoms with E-state index in [0.29, 0.717) is 12.1 Å². The van der Waals surface area contributed by atoms with Gasteiger partial charge in [-0.05, 0) is 70.4 Å². The summed E-state index contributed by atoms with van der Waals surface area (Å²) in [5.41, 5.74) is 6.00. The molecule has 6 heteroatoms. The summed E-state index contributed by atoms with van der Waals surface area (Å²) in [7, 11) is 1.92. The van der Waals surface area contributed by atoms with E-state index in [4.69, 9.17) is 0 Å². The fourth-order valence-electron chi connectivity index (χ4n) is 4.75. The van der Waals surface area contributed by atoms with Gasteiger partial charge in [-0.3, -0.25) is 14.3 Å². The zero-order chi connectivity index (χ0) is 20.5. The van der Waals surface area contributed by atoms with Gasteiger partial charge in [0.25, 0.3) is 5.91 Å². The molecule has 2 aliphatic carbocycles. The molecule has 154 valence electrons. The second-order valence-corrected chi connectivity index (χ2v) is 8.59. The van der Waals surface area contributed by atoms with Crippen molar-refractivity contribution in [3.8, 4) is 0 Å². The zero-order valence-electron chi connectivity index (χ0n) is 17.5. The second-order valence-electron chi connectivity index (χ2n) is 8.59. The fraction of sp³-hybridized carbons (Fsp3) is 0.522. The van der Waals surface area contributed by atoms with E-state index >= 15 is 0 Å². The molecule has 2 N–H and O–H groups in total. The molecule has 2 aromatic rings. The lowest BCUT2D eigenvalue weighted by Gasteiger charge is -2.15. The minimum absolute atomic E-state index is 0.0265. The lowest BCUT2D eigenvalue weighted by Crippen LogP contribution is -2.34. The van der Waals surface area contributed by atoms with E-state index in [0.717, 1.165) is 55.3 Å². The average molecular weight is 395 g/mol. The molecule has 0 saturated heterocycles. The Bertz CT molecular complexity index is 947. The first-order valence-electron chi connectivity index (χ1n) is 10.7. The molecule has 0 bridgehead atoms. The highest BCUT2D eigenvalue weighted by atomic mass is 16.2. The average Bonchev–Trinajstić information content (AvgIpc) is 3.29. The number of hydrogen-bond donors (Lipinski definition) is 2. The van der Waals surface area contributed by atoms with E-state index in [1.54, 1.807) is 0 Å². The van der Waals surface area contributed by atoms with Gasteiger partial charge in [0.05, 0.1) is 0 Å². The second kappa shape index (κ2) is 8.01. The molecule has 29 heavy (non-hydrogen) atoms. The van der Waals surface area contributed by atoms with Crippen molar-refractivity contribution < 1.29 is 9.59 Å². The molecule has 2 aliphatic rings. The normalized spacial score (nSPS) is 20.9. The van der Waals surface area contributed by atoms with Gasteiger partial charge in [-0.15, -0.1) is 0 Å². The van der Waals surface area contributed by atoms with Gasteiger partial charge in [0.15, 0.2) is 5.69 Å². The zero-order valence-corrected chi connectivity index (χ0v) is 17.5. The van der Waals surface area contributed by atoms with Crippen LogP contribution in [0.2, 0.25) is 0 Å². The largest absolute Gasteiger partial charge is 0.348 e. The van der Waals surface area contributed by atoms with Crippen molar-refractivity contribution in [1.82, 2.24) is 15.1 Å². The predicted molar refractivity (Wildman–Crippen MR) is 113 cm³/mol. The predicted octanol–water partition coefficient (Wildman–Crippen LogP) is 3.45. The highest BCUT2D eigenvalue weighted by molar-refractivity contribution is 5.95. The smallest absolute Gasteiger partial charge is 0.272 e. The van der Waals surface area contributed by atoms with E-state index in [2.05, 4.69) is 21.8 Å². The molecular weight excluding hydrogens is 364 g/mol. The van der Waals surface area contributed by atoms with Gasteiger partial charge >= 0.3 is 0 Å². The molecule has 0 unspecified atom stereocenters. The molecule has 1 fully saturated rings. The Balaban J connectivity index is 1.36. The molecule has 1 heterocycles. The molecular formula is C23H30N4O2. The number of nitrogens with zero attached hydrogens (tertiary/aromatic N) is 2. The lowest BCUT2D eigenvalue weighted by molar-refractivity contribution is -0.119. The quantitative estimate of drug-likeness (QED) is 0.834. The Kier molecular flexibility index (Phi) is 5.43. The maximum Gasteiger partial charge on any atom is 0.272 e. The number of benzene rings is 1. The number of nitrogens with one attached hydrogen (secondary N) is 2. The van der Waals surface area contributed by atoms with E-state index in [1.807, 2.05) is 37.7 Å². The number of aromatic nitrogens is 2. The van der Waals surface area contributed by atoms with Gasteiger partial charge in [0.1, 0.15) is 0 Å². The summed E-state index contributed by atoms with van der Waals surface area (Å²) >= 11 is 0. The third-order valence-electron chi connectivity index (χ3n) is 6.36. The summed E-state index contributed by atoms with van der Waals surface area (Å²) in [6.45, 7) is 4.05. The lowest BCUT2D eigenvalue weighted by atomic mass is 9.95. The highest BCUT2D eigenvalue weighted by Crippen LogP contribution is 2.29. The van der Waals surface area contributed by atoms with Crippen molar-refractivity contribution in [2.45, 2.75) is 64.8 Å². The van der Waals surface area contributed by atoms with Crippen LogP contribution in [0.1, 0.15) is 65.0 Å². The van der Waals surface area contributed by atoms with Crippen molar-refractivity contribution in [1.29, 1.82) is 0 Å². The fourth-order valence-corrected chi connectivity index (χ4v) is 4.75. The Hall–Kier alpha value is -2.63. The number of rotatable bonds is 4. The first-order valence-corrected chi connectivity index (χ1v) is 10.7. The number of amides is 2. The van der Waals surface area contributed by atoms with Crippen molar-refractivity contribution in [2.24, 2.45) is 13.0 Å². The topological polar surface area (TPSA) is 76.0 Å². The molecule has 1 saturated carbocycles. The van der Waals surface area contributed by atoms with E-state index in [9.17, 15) is 9.59 Å². The summed E-state index contributed by atoms with van der Waals surface area (Å²) in [6, 6.07) is 6.06. The number of anilines is 1. The summed E-state index contributed by atoms with van der Waals surface area (Å²) in [4.78, 5) is 25.6. The summed E-state index contributed by atoms with van der Waals surface area (Å²) in [5.74, 6) is -0.119. The van der Waals surface area contributed by atoms with Crippen molar-refractivity contribution in [2.75, 3.05) is 5.32 Å². The third kappa shape index (κ3) is 4.07. The maximum atomic E-state index is 12.8. The Morgan fingerprint density at radius 2 is 1.93 bits per heavy atom. The standard InChI is InChI=1S/C23H30N4O2/c1-14-8-11-19(15(2)12-14)25-22(28)16-9-10-17(13-16)24-23(29)21-18-6-4-5-7-20(18)27(3)26-21/h8,11-12,16-17H,4-7,9-10,13H2,1-3H3,(H,24,29)(H,25,28)/t16-,17+/m0/s1. The number of fused-ring (bicyclic) bond motifs is 1. The molecule has 1 aromatic carbocycles. The summed E-state index contributed by atoms with van der Waals surface area (Å²) < 4.78 is 1.86. The SMILES string of the molecule is Cc1ccc(NC(=O)[C@H]2CC[C@@H](NC(=O)c3nn(C)c4c3CCCC4)C2)c(C)c1. The molecule has 2 amide bonds. The van der Waals surface area contributed by atoms with Crippen LogP contribution < -0.4 is 10.6 Å². The van der Waals surface area contributed by atoms with Crippen LogP contribution in [-0.2, 0) is 24.7 Å². The number of hydrogen-bond acceptors (Lipinski definition) is 3. The van der Waals surface area contributed by atoms with Gasteiger partial charge in [-0.1, -0.05) is 17.7 Å². The van der Waals surface area contributed by atoms with Crippen molar-refractivity contribution in [3.05, 3.63) is 46.3 Å². The first-order chi connectivity index (χ1) is 13.9. The molecule has 0 aliphatic heterocycles. The van der Waals surface area contributed by atoms with E-state index in [1.165, 1.54) is 11.3 Å². The molecule has 0 spiro atoms. The minimum atomic E-state index is -0.0933.